The highest BCUT2D eigenvalue weighted by atomic mass is 32.2. The molecule has 2 aliphatic rings. The Morgan fingerprint density at radius 1 is 1.00 bits per heavy atom. The summed E-state index contributed by atoms with van der Waals surface area (Å²) in [5.74, 6) is 0. The lowest BCUT2D eigenvalue weighted by molar-refractivity contribution is 0.0959. The summed E-state index contributed by atoms with van der Waals surface area (Å²) in [4.78, 5) is 2.53. The number of nitrogens with zero attached hydrogens (tertiary/aromatic N) is 2. The third-order valence-electron chi connectivity index (χ3n) is 4.91. The molecule has 0 aromatic carbocycles. The van der Waals surface area contributed by atoms with Gasteiger partial charge < -0.3 is 5.32 Å². The number of likely N-dealkylation sites (N-methyl/N-ethyl adjacent to an activating group) is 1. The van der Waals surface area contributed by atoms with Crippen LogP contribution in [0.2, 0.25) is 0 Å². The summed E-state index contributed by atoms with van der Waals surface area (Å²) in [7, 11) is -3.03. The number of piperazine rings is 1. The largest absolute Gasteiger partial charge is 0.313 e. The molecule has 6 heteroatoms. The fourth-order valence-electron chi connectivity index (χ4n) is 3.77. The van der Waals surface area contributed by atoms with Crippen molar-refractivity contribution in [3.05, 3.63) is 0 Å². The average Bonchev–Trinajstić information content (AvgIpc) is 2.41. The lowest BCUT2D eigenvalue weighted by atomic mass is 9.90. The van der Waals surface area contributed by atoms with E-state index in [-0.39, 0.29) is 0 Å². The number of nitrogens with one attached hydrogen (secondary N) is 1. The smallest absolute Gasteiger partial charge is 0.211 e. The fourth-order valence-corrected chi connectivity index (χ4v) is 4.60. The molecule has 2 atom stereocenters. The van der Waals surface area contributed by atoms with E-state index in [1.807, 2.05) is 0 Å². The van der Waals surface area contributed by atoms with Gasteiger partial charge in [0, 0.05) is 38.3 Å². The minimum absolute atomic E-state index is 0.570. The van der Waals surface area contributed by atoms with E-state index in [2.05, 4.69) is 17.1 Å². The first-order chi connectivity index (χ1) is 10.0. The lowest BCUT2D eigenvalue weighted by Crippen LogP contribution is -2.57. The Kier molecular flexibility index (Phi) is 6.47. The zero-order chi connectivity index (χ0) is 15.3. The van der Waals surface area contributed by atoms with Crippen LogP contribution in [0.1, 0.15) is 45.4 Å². The number of sulfonamides is 1. The van der Waals surface area contributed by atoms with Crippen LogP contribution < -0.4 is 5.32 Å². The summed E-state index contributed by atoms with van der Waals surface area (Å²) in [6.07, 6.45) is 9.15. The molecule has 0 aromatic rings. The van der Waals surface area contributed by atoms with Crippen molar-refractivity contribution < 1.29 is 8.42 Å². The Bertz CT molecular complexity index is 405. The first-order valence-electron chi connectivity index (χ1n) is 8.45. The molecule has 2 rings (SSSR count). The number of hydrogen-bond donors (Lipinski definition) is 1. The van der Waals surface area contributed by atoms with Gasteiger partial charge in [-0.15, -0.1) is 0 Å². The Hall–Kier alpha value is -0.170. The fraction of sp³-hybridized carbons (Fsp3) is 1.00. The van der Waals surface area contributed by atoms with Crippen molar-refractivity contribution in [1.29, 1.82) is 0 Å². The Morgan fingerprint density at radius 2 is 1.62 bits per heavy atom. The van der Waals surface area contributed by atoms with Crippen LogP contribution in [-0.4, -0.2) is 68.7 Å². The molecule has 1 aliphatic carbocycles. The highest BCUT2D eigenvalue weighted by Crippen LogP contribution is 2.23. The molecule has 0 bridgehead atoms. The molecule has 1 saturated carbocycles. The van der Waals surface area contributed by atoms with Gasteiger partial charge in [-0.25, -0.2) is 8.42 Å². The maximum atomic E-state index is 11.6. The van der Waals surface area contributed by atoms with Gasteiger partial charge in [-0.05, 0) is 19.4 Å². The monoisotopic (exact) mass is 317 g/mol. The quantitative estimate of drug-likeness (QED) is 0.848. The van der Waals surface area contributed by atoms with Gasteiger partial charge in [-0.2, -0.15) is 4.31 Å². The molecular weight excluding hydrogens is 286 g/mol. The van der Waals surface area contributed by atoms with Crippen molar-refractivity contribution in [2.75, 3.05) is 39.0 Å². The van der Waals surface area contributed by atoms with Crippen molar-refractivity contribution >= 4 is 10.0 Å². The SMILES string of the molecule is CCNC1CCCCCCC1N1CCN(S(C)(=O)=O)CC1. The molecule has 1 saturated heterocycles. The normalized spacial score (nSPS) is 30.8. The van der Waals surface area contributed by atoms with Crippen molar-refractivity contribution in [2.45, 2.75) is 57.5 Å². The molecule has 1 heterocycles. The highest BCUT2D eigenvalue weighted by Gasteiger charge is 2.31. The van der Waals surface area contributed by atoms with Crippen LogP contribution in [0.25, 0.3) is 0 Å². The first kappa shape index (κ1) is 17.2. The van der Waals surface area contributed by atoms with E-state index < -0.39 is 10.0 Å². The maximum absolute atomic E-state index is 11.6. The van der Waals surface area contributed by atoms with E-state index >= 15 is 0 Å². The van der Waals surface area contributed by atoms with Gasteiger partial charge in [-0.3, -0.25) is 4.90 Å². The van der Waals surface area contributed by atoms with Gasteiger partial charge in [0.05, 0.1) is 6.26 Å². The topological polar surface area (TPSA) is 52.6 Å². The predicted molar refractivity (Wildman–Crippen MR) is 86.9 cm³/mol. The van der Waals surface area contributed by atoms with E-state index in [0.717, 1.165) is 19.6 Å². The summed E-state index contributed by atoms with van der Waals surface area (Å²) < 4.78 is 24.9. The number of hydrogen-bond acceptors (Lipinski definition) is 4. The van der Waals surface area contributed by atoms with Crippen molar-refractivity contribution in [2.24, 2.45) is 0 Å². The van der Waals surface area contributed by atoms with E-state index in [0.29, 0.717) is 25.2 Å². The van der Waals surface area contributed by atoms with Crippen molar-refractivity contribution in [1.82, 2.24) is 14.5 Å². The second kappa shape index (κ2) is 7.90. The van der Waals surface area contributed by atoms with Crippen LogP contribution in [-0.2, 0) is 10.0 Å². The van der Waals surface area contributed by atoms with Gasteiger partial charge in [0.2, 0.25) is 10.0 Å². The summed E-state index contributed by atoms with van der Waals surface area (Å²) in [5.41, 5.74) is 0. The van der Waals surface area contributed by atoms with Gasteiger partial charge >= 0.3 is 0 Å². The van der Waals surface area contributed by atoms with Crippen LogP contribution in [0.5, 0.6) is 0 Å². The molecule has 0 radical (unpaired) electrons. The predicted octanol–water partition coefficient (Wildman–Crippen LogP) is 1.26. The molecule has 21 heavy (non-hydrogen) atoms. The third kappa shape index (κ3) is 4.91. The molecule has 5 nitrogen and oxygen atoms in total. The number of rotatable bonds is 4. The molecule has 0 aromatic heterocycles. The highest BCUT2D eigenvalue weighted by molar-refractivity contribution is 7.88. The standard InChI is InChI=1S/C15H31N3O2S/c1-3-16-14-8-6-4-5-7-9-15(14)17-10-12-18(13-11-17)21(2,19)20/h14-16H,3-13H2,1-2H3. The Balaban J connectivity index is 1.97. The summed E-state index contributed by atoms with van der Waals surface area (Å²) in [6.45, 7) is 6.24. The molecule has 124 valence electrons. The molecule has 1 N–H and O–H groups in total. The third-order valence-corrected chi connectivity index (χ3v) is 6.21. The minimum atomic E-state index is -3.03. The molecule has 0 amide bonds. The maximum Gasteiger partial charge on any atom is 0.211 e. The molecule has 0 spiro atoms. The van der Waals surface area contributed by atoms with Gasteiger partial charge in [0.25, 0.3) is 0 Å². The minimum Gasteiger partial charge on any atom is -0.313 e. The van der Waals surface area contributed by atoms with E-state index in [1.165, 1.54) is 44.8 Å². The van der Waals surface area contributed by atoms with Crippen LogP contribution in [0.15, 0.2) is 0 Å². The molecule has 1 aliphatic heterocycles. The van der Waals surface area contributed by atoms with Crippen LogP contribution in [0.4, 0.5) is 0 Å². The van der Waals surface area contributed by atoms with Gasteiger partial charge in [0.1, 0.15) is 0 Å². The first-order valence-corrected chi connectivity index (χ1v) is 10.3. The van der Waals surface area contributed by atoms with Crippen molar-refractivity contribution in [3.8, 4) is 0 Å². The summed E-state index contributed by atoms with van der Waals surface area (Å²) in [5, 5.41) is 3.67. The van der Waals surface area contributed by atoms with Gasteiger partial charge in [0.15, 0.2) is 0 Å². The average molecular weight is 317 g/mol. The summed E-state index contributed by atoms with van der Waals surface area (Å²) >= 11 is 0. The van der Waals surface area contributed by atoms with Gasteiger partial charge in [-0.1, -0.05) is 32.6 Å². The van der Waals surface area contributed by atoms with E-state index in [4.69, 9.17) is 0 Å². The Labute approximate surface area is 130 Å². The van der Waals surface area contributed by atoms with Crippen LogP contribution in [0.3, 0.4) is 0 Å². The Morgan fingerprint density at radius 3 is 2.19 bits per heavy atom. The molecule has 2 fully saturated rings. The zero-order valence-corrected chi connectivity index (χ0v) is 14.4. The molecule has 2 unspecified atom stereocenters. The zero-order valence-electron chi connectivity index (χ0n) is 13.6. The van der Waals surface area contributed by atoms with E-state index in [9.17, 15) is 8.42 Å². The van der Waals surface area contributed by atoms with E-state index in [1.54, 1.807) is 4.31 Å². The summed E-state index contributed by atoms with van der Waals surface area (Å²) in [6, 6.07) is 1.15. The molecular formula is C15H31N3O2S. The second-order valence-electron chi connectivity index (χ2n) is 6.42. The lowest BCUT2D eigenvalue weighted by Gasteiger charge is -2.42. The van der Waals surface area contributed by atoms with Crippen molar-refractivity contribution in [3.63, 3.8) is 0 Å². The van der Waals surface area contributed by atoms with Crippen LogP contribution >= 0.6 is 0 Å². The second-order valence-corrected chi connectivity index (χ2v) is 8.40. The van der Waals surface area contributed by atoms with Crippen LogP contribution in [0, 0.1) is 0 Å².